The van der Waals surface area contributed by atoms with Crippen LogP contribution in [0, 0.1) is 6.92 Å². The van der Waals surface area contributed by atoms with Gasteiger partial charge in [0, 0.05) is 11.9 Å². The summed E-state index contributed by atoms with van der Waals surface area (Å²) in [4.78, 5) is 4.15. The van der Waals surface area contributed by atoms with E-state index in [9.17, 15) is 0 Å². The van der Waals surface area contributed by atoms with Crippen molar-refractivity contribution in [2.45, 2.75) is 20.8 Å². The maximum absolute atomic E-state index is 4.15. The van der Waals surface area contributed by atoms with Crippen molar-refractivity contribution in [3.63, 3.8) is 0 Å². The molecule has 0 spiro atoms. The van der Waals surface area contributed by atoms with Crippen molar-refractivity contribution < 1.29 is 0 Å². The van der Waals surface area contributed by atoms with Gasteiger partial charge < -0.3 is 0 Å². The predicted octanol–water partition coefficient (Wildman–Crippen LogP) is 3.37. The summed E-state index contributed by atoms with van der Waals surface area (Å²) in [6.45, 7) is 6.12. The fraction of sp³-hybridized carbons (Fsp3) is 0.250. The maximum atomic E-state index is 4.15. The van der Waals surface area contributed by atoms with Gasteiger partial charge in [-0.1, -0.05) is 23.8 Å². The first-order valence-electron chi connectivity index (χ1n) is 4.46. The number of pyridine rings is 1. The van der Waals surface area contributed by atoms with Crippen LogP contribution in [0.3, 0.4) is 0 Å². The van der Waals surface area contributed by atoms with E-state index in [0.717, 1.165) is 5.69 Å². The average molecular weight is 173 g/mol. The summed E-state index contributed by atoms with van der Waals surface area (Å²) in [7, 11) is 0. The number of hydrogen-bond donors (Lipinski definition) is 0. The largest absolute Gasteiger partial charge is 0.262 e. The second kappa shape index (κ2) is 4.61. The van der Waals surface area contributed by atoms with Gasteiger partial charge in [0.05, 0.1) is 0 Å². The SMILES string of the molecule is C/C=C\C(C)=C/c1ccnc(C)c1. The van der Waals surface area contributed by atoms with Crippen LogP contribution < -0.4 is 0 Å². The first kappa shape index (κ1) is 9.72. The zero-order valence-corrected chi connectivity index (χ0v) is 8.41. The number of aryl methyl sites for hydroxylation is 1. The lowest BCUT2D eigenvalue weighted by atomic mass is 10.1. The molecule has 68 valence electrons. The molecule has 0 bridgehead atoms. The van der Waals surface area contributed by atoms with Crippen LogP contribution in [0.1, 0.15) is 25.1 Å². The molecule has 0 fully saturated rings. The molecule has 0 aliphatic rings. The van der Waals surface area contributed by atoms with E-state index in [1.807, 2.05) is 32.2 Å². The van der Waals surface area contributed by atoms with E-state index in [1.54, 1.807) is 0 Å². The summed E-state index contributed by atoms with van der Waals surface area (Å²) in [5, 5.41) is 0. The Bertz CT molecular complexity index is 335. The number of nitrogens with zero attached hydrogens (tertiary/aromatic N) is 1. The van der Waals surface area contributed by atoms with Gasteiger partial charge >= 0.3 is 0 Å². The molecule has 0 unspecified atom stereocenters. The highest BCUT2D eigenvalue weighted by Crippen LogP contribution is 2.07. The predicted molar refractivity (Wildman–Crippen MR) is 57.4 cm³/mol. The second-order valence-corrected chi connectivity index (χ2v) is 3.12. The Balaban J connectivity index is 2.90. The van der Waals surface area contributed by atoms with E-state index in [0.29, 0.717) is 0 Å². The molecule has 1 heterocycles. The minimum atomic E-state index is 1.06. The minimum Gasteiger partial charge on any atom is -0.262 e. The normalized spacial score (nSPS) is 12.4. The lowest BCUT2D eigenvalue weighted by Gasteiger charge is -1.96. The van der Waals surface area contributed by atoms with E-state index in [-0.39, 0.29) is 0 Å². The summed E-state index contributed by atoms with van der Waals surface area (Å²) in [5.74, 6) is 0. The lowest BCUT2D eigenvalue weighted by molar-refractivity contribution is 1.20. The van der Waals surface area contributed by atoms with E-state index in [2.05, 4.69) is 30.1 Å². The molecule has 1 nitrogen and oxygen atoms in total. The van der Waals surface area contributed by atoms with Crippen LogP contribution in [0.2, 0.25) is 0 Å². The molecule has 1 heteroatoms. The van der Waals surface area contributed by atoms with Crippen LogP contribution in [0.5, 0.6) is 0 Å². The zero-order valence-electron chi connectivity index (χ0n) is 8.41. The molecule has 0 atom stereocenters. The molecule has 0 aliphatic heterocycles. The first-order valence-corrected chi connectivity index (χ1v) is 4.46. The fourth-order valence-corrected chi connectivity index (χ4v) is 1.23. The van der Waals surface area contributed by atoms with E-state index in [1.165, 1.54) is 11.1 Å². The minimum absolute atomic E-state index is 1.06. The van der Waals surface area contributed by atoms with Crippen molar-refractivity contribution in [1.29, 1.82) is 0 Å². The van der Waals surface area contributed by atoms with E-state index >= 15 is 0 Å². The van der Waals surface area contributed by atoms with Crippen molar-refractivity contribution in [3.05, 3.63) is 47.3 Å². The van der Waals surface area contributed by atoms with Crippen molar-refractivity contribution in [1.82, 2.24) is 4.98 Å². The van der Waals surface area contributed by atoms with Crippen molar-refractivity contribution in [2.24, 2.45) is 0 Å². The number of aromatic nitrogens is 1. The van der Waals surface area contributed by atoms with Gasteiger partial charge in [-0.2, -0.15) is 0 Å². The summed E-state index contributed by atoms with van der Waals surface area (Å²) in [6, 6.07) is 4.09. The van der Waals surface area contributed by atoms with Gasteiger partial charge in [-0.25, -0.2) is 0 Å². The fourth-order valence-electron chi connectivity index (χ4n) is 1.23. The molecule has 0 radical (unpaired) electrons. The topological polar surface area (TPSA) is 12.9 Å². The molecule has 0 saturated carbocycles. The molecule has 0 N–H and O–H groups in total. The Labute approximate surface area is 79.8 Å². The smallest absolute Gasteiger partial charge is 0.0378 e. The molecule has 1 aromatic rings. The van der Waals surface area contributed by atoms with Crippen LogP contribution >= 0.6 is 0 Å². The third-order valence-electron chi connectivity index (χ3n) is 1.74. The summed E-state index contributed by atoms with van der Waals surface area (Å²) < 4.78 is 0. The first-order chi connectivity index (χ1) is 6.22. The van der Waals surface area contributed by atoms with Crippen molar-refractivity contribution in [2.75, 3.05) is 0 Å². The standard InChI is InChI=1S/C12H15N/c1-4-5-10(2)8-12-6-7-13-11(3)9-12/h4-9H,1-3H3/b5-4-,10-8-. The van der Waals surface area contributed by atoms with Crippen LogP contribution in [-0.2, 0) is 0 Å². The molecule has 0 aromatic carbocycles. The lowest BCUT2D eigenvalue weighted by Crippen LogP contribution is -1.81. The Morgan fingerprint density at radius 2 is 2.23 bits per heavy atom. The van der Waals surface area contributed by atoms with Crippen molar-refractivity contribution in [3.8, 4) is 0 Å². The molecule has 13 heavy (non-hydrogen) atoms. The third kappa shape index (κ3) is 3.24. The van der Waals surface area contributed by atoms with Gasteiger partial charge in [0.1, 0.15) is 0 Å². The average Bonchev–Trinajstić information content (AvgIpc) is 2.04. The van der Waals surface area contributed by atoms with Gasteiger partial charge in [0.15, 0.2) is 0 Å². The Morgan fingerprint density at radius 1 is 1.46 bits per heavy atom. The van der Waals surface area contributed by atoms with Gasteiger partial charge in [-0.3, -0.25) is 4.98 Å². The monoisotopic (exact) mass is 173 g/mol. The highest BCUT2D eigenvalue weighted by Gasteiger charge is 1.89. The third-order valence-corrected chi connectivity index (χ3v) is 1.74. The quantitative estimate of drug-likeness (QED) is 0.625. The number of allylic oxidation sites excluding steroid dienone is 3. The molecule has 1 rings (SSSR count). The summed E-state index contributed by atoms with van der Waals surface area (Å²) >= 11 is 0. The zero-order chi connectivity index (χ0) is 9.68. The Hall–Kier alpha value is -1.37. The molecule has 0 amide bonds. The molecule has 0 aliphatic carbocycles. The van der Waals surface area contributed by atoms with Gasteiger partial charge in [0.2, 0.25) is 0 Å². The van der Waals surface area contributed by atoms with Crippen LogP contribution in [0.15, 0.2) is 36.1 Å². The van der Waals surface area contributed by atoms with Gasteiger partial charge in [-0.15, -0.1) is 0 Å². The van der Waals surface area contributed by atoms with Crippen molar-refractivity contribution >= 4 is 6.08 Å². The molecular formula is C12H15N. The second-order valence-electron chi connectivity index (χ2n) is 3.12. The number of hydrogen-bond acceptors (Lipinski definition) is 1. The molecule has 1 aromatic heterocycles. The molecular weight excluding hydrogens is 158 g/mol. The Morgan fingerprint density at radius 3 is 2.85 bits per heavy atom. The summed E-state index contributed by atoms with van der Waals surface area (Å²) in [5.41, 5.74) is 3.53. The maximum Gasteiger partial charge on any atom is 0.0378 e. The van der Waals surface area contributed by atoms with E-state index in [4.69, 9.17) is 0 Å². The highest BCUT2D eigenvalue weighted by molar-refractivity contribution is 5.54. The van der Waals surface area contributed by atoms with E-state index < -0.39 is 0 Å². The van der Waals surface area contributed by atoms with Gasteiger partial charge in [-0.05, 0) is 38.5 Å². The van der Waals surface area contributed by atoms with Crippen LogP contribution in [0.4, 0.5) is 0 Å². The summed E-state index contributed by atoms with van der Waals surface area (Å²) in [6.07, 6.45) is 8.12. The Kier molecular flexibility index (Phi) is 3.44. The number of rotatable bonds is 2. The molecule has 0 saturated heterocycles. The van der Waals surface area contributed by atoms with Gasteiger partial charge in [0.25, 0.3) is 0 Å². The van der Waals surface area contributed by atoms with Crippen LogP contribution in [-0.4, -0.2) is 4.98 Å². The van der Waals surface area contributed by atoms with Crippen LogP contribution in [0.25, 0.3) is 6.08 Å². The highest BCUT2D eigenvalue weighted by atomic mass is 14.6.